The molecule has 1 aromatic heterocycles. The number of imidazole rings is 1. The summed E-state index contributed by atoms with van der Waals surface area (Å²) >= 11 is 2.62. The number of aromatic nitrogens is 2. The second kappa shape index (κ2) is 4.90. The highest BCUT2D eigenvalue weighted by Gasteiger charge is 2.49. The highest BCUT2D eigenvalue weighted by atomic mass is 32.2. The van der Waals surface area contributed by atoms with Crippen LogP contribution in [0.2, 0.25) is 0 Å². The van der Waals surface area contributed by atoms with Gasteiger partial charge in [0.15, 0.2) is 5.16 Å². The van der Waals surface area contributed by atoms with E-state index >= 15 is 0 Å². The van der Waals surface area contributed by atoms with Crippen molar-refractivity contribution in [3.05, 3.63) is 40.4 Å². The third-order valence-electron chi connectivity index (χ3n) is 4.40. The quantitative estimate of drug-likeness (QED) is 0.488. The average molecular weight is 358 g/mol. The number of hydrogen-bond donors (Lipinski definition) is 2. The van der Waals surface area contributed by atoms with Crippen molar-refractivity contribution in [3.63, 3.8) is 0 Å². The number of nitrogens with zero attached hydrogens (tertiary/aromatic N) is 3. The van der Waals surface area contributed by atoms with Gasteiger partial charge >= 0.3 is 5.97 Å². The summed E-state index contributed by atoms with van der Waals surface area (Å²) in [6.07, 6.45) is 1.84. The van der Waals surface area contributed by atoms with Gasteiger partial charge in [0.25, 0.3) is 5.91 Å². The first-order valence-corrected chi connectivity index (χ1v) is 9.47. The summed E-state index contributed by atoms with van der Waals surface area (Å²) in [5.41, 5.74) is 3.69. The van der Waals surface area contributed by atoms with Crippen LogP contribution in [-0.2, 0) is 16.1 Å². The van der Waals surface area contributed by atoms with E-state index in [0.29, 0.717) is 5.57 Å². The van der Waals surface area contributed by atoms with Gasteiger partial charge in [0.05, 0.1) is 16.6 Å². The zero-order chi connectivity index (χ0) is 16.4. The predicted octanol–water partition coefficient (Wildman–Crippen LogP) is 2.10. The van der Waals surface area contributed by atoms with E-state index < -0.39 is 5.97 Å². The maximum atomic E-state index is 12.3. The number of carbonyl (C=O) groups excluding carboxylic acids is 1. The molecule has 1 atom stereocenters. The molecule has 1 fully saturated rings. The van der Waals surface area contributed by atoms with Gasteiger partial charge in [-0.1, -0.05) is 6.07 Å². The standard InChI is InChI=1S/C16H12N3O3S2/c20-13-9(14-19(13)12(7-24-14)15(21)22)5-8-1-2-11-10(6-8)17-16-18(11)3-4-23-16/h1-2,5-7,14,23H,3-4H2,(H,21,22)/t14-/m1/s1. The van der Waals surface area contributed by atoms with E-state index in [-0.39, 0.29) is 17.0 Å². The van der Waals surface area contributed by atoms with E-state index in [1.54, 1.807) is 0 Å². The van der Waals surface area contributed by atoms with Gasteiger partial charge in [0.1, 0.15) is 11.1 Å². The molecular formula is C16H12N3O3S2. The Morgan fingerprint density at radius 3 is 3.17 bits per heavy atom. The summed E-state index contributed by atoms with van der Waals surface area (Å²) in [5.74, 6) is -0.179. The third-order valence-corrected chi connectivity index (χ3v) is 6.53. The number of hydrogen-bond acceptors (Lipinski definition) is 4. The van der Waals surface area contributed by atoms with Crippen LogP contribution in [0, 0.1) is 0 Å². The van der Waals surface area contributed by atoms with Crippen LogP contribution in [0.15, 0.2) is 40.0 Å². The van der Waals surface area contributed by atoms with E-state index in [0.717, 1.165) is 34.1 Å². The van der Waals surface area contributed by atoms with Crippen molar-refractivity contribution < 1.29 is 14.7 Å². The molecule has 5 rings (SSSR count). The molecule has 3 aliphatic rings. The highest BCUT2D eigenvalue weighted by molar-refractivity contribution is 8.03. The first-order chi connectivity index (χ1) is 11.6. The highest BCUT2D eigenvalue weighted by Crippen LogP contribution is 2.45. The van der Waals surface area contributed by atoms with E-state index in [4.69, 9.17) is 5.11 Å². The lowest BCUT2D eigenvalue weighted by molar-refractivity contribution is -0.141. The van der Waals surface area contributed by atoms with Gasteiger partial charge in [-0.05, 0) is 23.8 Å². The molecule has 3 aliphatic heterocycles. The lowest BCUT2D eigenvalue weighted by Crippen LogP contribution is -2.51. The van der Waals surface area contributed by atoms with Gasteiger partial charge in [0, 0.05) is 17.7 Å². The molecular weight excluding hydrogens is 346 g/mol. The molecule has 1 N–H and O–H groups in total. The van der Waals surface area contributed by atoms with Crippen LogP contribution >= 0.6 is 23.5 Å². The van der Waals surface area contributed by atoms with Crippen molar-refractivity contribution >= 4 is 52.5 Å². The molecule has 0 saturated carbocycles. The Morgan fingerprint density at radius 1 is 1.46 bits per heavy atom. The number of thiol groups is 1. The summed E-state index contributed by atoms with van der Waals surface area (Å²) in [7, 11) is 0. The lowest BCUT2D eigenvalue weighted by atomic mass is 10.0. The Morgan fingerprint density at radius 2 is 2.33 bits per heavy atom. The Labute approximate surface area is 145 Å². The Kier molecular flexibility index (Phi) is 2.90. The molecule has 121 valence electrons. The zero-order valence-electron chi connectivity index (χ0n) is 12.3. The van der Waals surface area contributed by atoms with Crippen LogP contribution in [0.3, 0.4) is 0 Å². The minimum atomic E-state index is -1.06. The largest absolute Gasteiger partial charge is 0.477 e. The van der Waals surface area contributed by atoms with Crippen molar-refractivity contribution in [1.29, 1.82) is 0 Å². The number of benzene rings is 1. The van der Waals surface area contributed by atoms with Gasteiger partial charge in [0.2, 0.25) is 0 Å². The van der Waals surface area contributed by atoms with E-state index in [1.165, 1.54) is 33.8 Å². The summed E-state index contributed by atoms with van der Waals surface area (Å²) in [6.45, 7) is 1.00. The average Bonchev–Trinajstić information content (AvgIpc) is 3.24. The van der Waals surface area contributed by atoms with E-state index in [1.807, 2.05) is 24.3 Å². The number of carboxylic acids is 1. The minimum absolute atomic E-state index is 0.0622. The Hall–Kier alpha value is -2.19. The van der Waals surface area contributed by atoms with Gasteiger partial charge in [-0.2, -0.15) is 11.8 Å². The number of β-lactam (4-membered cyclic amide) rings is 1. The van der Waals surface area contributed by atoms with Gasteiger partial charge in [-0.25, -0.2) is 9.78 Å². The second-order valence-electron chi connectivity index (χ2n) is 5.76. The number of rotatable bonds is 2. The molecule has 0 unspecified atom stereocenters. The molecule has 1 amide bonds. The summed E-state index contributed by atoms with van der Waals surface area (Å²) in [5, 5.41) is 11.5. The van der Waals surface area contributed by atoms with Crippen LogP contribution in [-0.4, -0.2) is 42.6 Å². The van der Waals surface area contributed by atoms with Crippen molar-refractivity contribution in [2.24, 2.45) is 0 Å². The predicted molar refractivity (Wildman–Crippen MR) is 93.8 cm³/mol. The molecule has 2 aromatic rings. The number of aryl methyl sites for hydroxylation is 1. The number of carboxylic acid groups (broad SMARTS) is 1. The molecule has 0 aliphatic carbocycles. The monoisotopic (exact) mass is 358 g/mol. The fourth-order valence-electron chi connectivity index (χ4n) is 3.26. The van der Waals surface area contributed by atoms with Crippen molar-refractivity contribution in [1.82, 2.24) is 14.5 Å². The molecule has 6 nitrogen and oxygen atoms in total. The maximum absolute atomic E-state index is 12.3. The molecule has 8 heteroatoms. The van der Waals surface area contributed by atoms with Crippen molar-refractivity contribution in [2.45, 2.75) is 17.1 Å². The second-order valence-corrected chi connectivity index (χ2v) is 7.88. The number of aliphatic carboxylic acids is 1. The van der Waals surface area contributed by atoms with Gasteiger partial charge in [-0.15, -0.1) is 11.8 Å². The minimum Gasteiger partial charge on any atom is -0.477 e. The molecule has 0 spiro atoms. The van der Waals surface area contributed by atoms with Crippen molar-refractivity contribution in [2.75, 3.05) is 5.75 Å². The third kappa shape index (κ3) is 1.83. The molecule has 4 heterocycles. The van der Waals surface area contributed by atoms with Crippen LogP contribution in [0.4, 0.5) is 0 Å². The first kappa shape index (κ1) is 14.2. The topological polar surface area (TPSA) is 75.4 Å². The summed E-state index contributed by atoms with van der Waals surface area (Å²) in [4.78, 5) is 29.4. The fourth-order valence-corrected chi connectivity index (χ4v) is 5.44. The van der Waals surface area contributed by atoms with Gasteiger partial charge < -0.3 is 9.67 Å². The van der Waals surface area contributed by atoms with Crippen molar-refractivity contribution in [3.8, 4) is 0 Å². The summed E-state index contributed by atoms with van der Waals surface area (Å²) < 4.78 is 2.24. The number of fused-ring (bicyclic) bond motifs is 4. The lowest BCUT2D eigenvalue weighted by Gasteiger charge is -2.37. The Balaban J connectivity index is 1.48. The van der Waals surface area contributed by atoms with Crippen LogP contribution in [0.5, 0.6) is 0 Å². The fraction of sp³-hybridized carbons (Fsp3) is 0.188. The maximum Gasteiger partial charge on any atom is 0.353 e. The van der Waals surface area contributed by atoms with E-state index in [2.05, 4.69) is 9.55 Å². The molecule has 1 aromatic carbocycles. The summed E-state index contributed by atoms with van der Waals surface area (Å²) in [6, 6.07) is 6.02. The first-order valence-electron chi connectivity index (χ1n) is 7.45. The normalized spacial score (nSPS) is 23.4. The van der Waals surface area contributed by atoms with E-state index in [9.17, 15) is 9.59 Å². The van der Waals surface area contributed by atoms with Crippen LogP contribution in [0.25, 0.3) is 17.1 Å². The smallest absolute Gasteiger partial charge is 0.353 e. The zero-order valence-corrected chi connectivity index (χ0v) is 14.1. The molecule has 0 bridgehead atoms. The van der Waals surface area contributed by atoms with Gasteiger partial charge in [-0.3, -0.25) is 9.69 Å². The molecule has 1 radical (unpaired) electrons. The molecule has 1 saturated heterocycles. The Bertz CT molecular complexity index is 992. The SMILES string of the molecule is O=C(O)C1=CS[C@@H]2C(=Cc3ccc4c(c3)nc3n4CC[SH]3)C(=O)N12. The number of amides is 1. The number of thioether (sulfide) groups is 1. The number of carbonyl (C=O) groups is 2. The van der Waals surface area contributed by atoms with Crippen LogP contribution < -0.4 is 0 Å². The molecule has 24 heavy (non-hydrogen) atoms. The van der Waals surface area contributed by atoms with Crippen LogP contribution in [0.1, 0.15) is 5.56 Å².